The summed E-state index contributed by atoms with van der Waals surface area (Å²) < 4.78 is 17.9. The van der Waals surface area contributed by atoms with Gasteiger partial charge in [-0.25, -0.2) is 9.06 Å². The number of guanidine groups is 1. The molecule has 2 heterocycles. The Morgan fingerprint density at radius 3 is 2.43 bits per heavy atom. The number of rotatable bonds is 1. The lowest BCUT2D eigenvalue weighted by molar-refractivity contribution is 0.514. The van der Waals surface area contributed by atoms with E-state index in [0.29, 0.717) is 0 Å². The van der Waals surface area contributed by atoms with Crippen molar-refractivity contribution in [3.63, 3.8) is 0 Å². The minimum absolute atomic E-state index is 0.217. The number of nitrogens with one attached hydrogen (secondary N) is 1. The molecule has 0 atom stereocenters. The first kappa shape index (κ1) is 14.0. The second kappa shape index (κ2) is 6.19. The van der Waals surface area contributed by atoms with Crippen molar-refractivity contribution in [1.82, 2.24) is 14.5 Å². The maximum Gasteiger partial charge on any atom is 0.401 e. The van der Waals surface area contributed by atoms with E-state index in [1.54, 1.807) is 12.1 Å². The van der Waals surface area contributed by atoms with Gasteiger partial charge in [0.15, 0.2) is 0 Å². The normalized spacial score (nSPS) is 18.1. The molecule has 2 saturated heterocycles. The molecule has 0 aromatic heterocycles. The molecule has 2 fully saturated rings. The van der Waals surface area contributed by atoms with E-state index >= 15 is 0 Å². The van der Waals surface area contributed by atoms with Gasteiger partial charge >= 0.3 is 5.96 Å². The summed E-state index contributed by atoms with van der Waals surface area (Å²) in [5.41, 5.74) is 0.878. The molecule has 2 aliphatic heterocycles. The van der Waals surface area contributed by atoms with E-state index in [0.717, 1.165) is 43.5 Å². The lowest BCUT2D eigenvalue weighted by atomic mass is 10.3. The molecule has 112 valence electrons. The highest BCUT2D eigenvalue weighted by Gasteiger charge is 2.25. The van der Waals surface area contributed by atoms with Crippen LogP contribution in [0.25, 0.3) is 0 Å². The van der Waals surface area contributed by atoms with Crippen LogP contribution in [0.3, 0.4) is 0 Å². The summed E-state index contributed by atoms with van der Waals surface area (Å²) in [6, 6.07) is 6.45. The smallest absolute Gasteiger partial charge is 0.302 e. The molecule has 2 aliphatic rings. The van der Waals surface area contributed by atoms with Gasteiger partial charge in [0.25, 0.3) is 5.84 Å². The molecule has 0 unspecified atom stereocenters. The minimum atomic E-state index is -0.217. The van der Waals surface area contributed by atoms with Crippen molar-refractivity contribution in [2.24, 2.45) is 0 Å². The van der Waals surface area contributed by atoms with Crippen molar-refractivity contribution in [3.05, 3.63) is 30.1 Å². The Kier molecular flexibility index (Phi) is 4.11. The van der Waals surface area contributed by atoms with Crippen molar-refractivity contribution in [3.8, 4) is 0 Å². The van der Waals surface area contributed by atoms with Gasteiger partial charge in [-0.2, -0.15) is 0 Å². The number of nitrogens with zero attached hydrogens (tertiary/aromatic N) is 3. The van der Waals surface area contributed by atoms with Crippen LogP contribution in [0.15, 0.2) is 24.3 Å². The minimum Gasteiger partial charge on any atom is -0.302 e. The standard InChI is InChI=1S/C16H21FN4/c1-20-10-4-5-15(20)19-16(21-11-2-3-12-21)18-14-8-6-13(17)7-9-14/h6-9H,2-5,10-12H2,1H3/p+1. The zero-order valence-corrected chi connectivity index (χ0v) is 12.5. The summed E-state index contributed by atoms with van der Waals surface area (Å²) in [5, 5.41) is 3.36. The van der Waals surface area contributed by atoms with Gasteiger partial charge in [0, 0.05) is 13.5 Å². The largest absolute Gasteiger partial charge is 0.401 e. The van der Waals surface area contributed by atoms with E-state index in [9.17, 15) is 4.39 Å². The Labute approximate surface area is 125 Å². The number of anilines is 1. The molecule has 0 saturated carbocycles. The summed E-state index contributed by atoms with van der Waals surface area (Å²) >= 11 is 0. The first-order valence-corrected chi connectivity index (χ1v) is 7.65. The molecule has 0 amide bonds. The molecule has 0 spiro atoms. The Balaban J connectivity index is 1.89. The van der Waals surface area contributed by atoms with Gasteiger partial charge in [-0.1, -0.05) is 0 Å². The molecule has 5 heteroatoms. The van der Waals surface area contributed by atoms with E-state index in [-0.39, 0.29) is 5.82 Å². The highest BCUT2D eigenvalue weighted by molar-refractivity contribution is 5.97. The van der Waals surface area contributed by atoms with Gasteiger partial charge in [-0.3, -0.25) is 10.2 Å². The lowest BCUT2D eigenvalue weighted by Crippen LogP contribution is -2.38. The zero-order chi connectivity index (χ0) is 14.7. The molecule has 0 bridgehead atoms. The Hall–Kier alpha value is -2.00. The van der Waals surface area contributed by atoms with Crippen LogP contribution >= 0.6 is 0 Å². The quantitative estimate of drug-likeness (QED) is 0.487. The molecular weight excluding hydrogens is 267 g/mol. The maximum atomic E-state index is 13.0. The molecule has 3 rings (SSSR count). The predicted molar refractivity (Wildman–Crippen MR) is 84.8 cm³/mol. The monoisotopic (exact) mass is 289 g/mol. The SMILES string of the molecule is CN1CCCC1=[N+]=C(Nc1ccc(F)cc1)N1CCCC1. The first-order chi connectivity index (χ1) is 10.2. The van der Waals surface area contributed by atoms with Crippen LogP contribution in [0.5, 0.6) is 0 Å². The Morgan fingerprint density at radius 2 is 1.81 bits per heavy atom. The fourth-order valence-corrected chi connectivity index (χ4v) is 2.83. The summed E-state index contributed by atoms with van der Waals surface area (Å²) in [4.78, 5) is 4.49. The zero-order valence-electron chi connectivity index (χ0n) is 12.5. The summed E-state index contributed by atoms with van der Waals surface area (Å²) in [6.45, 7) is 3.14. The summed E-state index contributed by atoms with van der Waals surface area (Å²) in [5.74, 6) is 1.81. The van der Waals surface area contributed by atoms with Crippen LogP contribution in [-0.4, -0.2) is 48.3 Å². The van der Waals surface area contributed by atoms with Crippen LogP contribution in [0.4, 0.5) is 10.1 Å². The number of hydrogen-bond acceptors (Lipinski definition) is 0. The first-order valence-electron chi connectivity index (χ1n) is 7.65. The number of amidine groups is 1. The second-order valence-corrected chi connectivity index (χ2v) is 5.70. The van der Waals surface area contributed by atoms with Crippen LogP contribution in [-0.2, 0) is 0 Å². The summed E-state index contributed by atoms with van der Waals surface area (Å²) in [6.07, 6.45) is 4.60. The van der Waals surface area contributed by atoms with E-state index in [1.807, 2.05) is 0 Å². The van der Waals surface area contributed by atoms with Crippen LogP contribution in [0, 0.1) is 5.82 Å². The molecule has 21 heavy (non-hydrogen) atoms. The van der Waals surface area contributed by atoms with Crippen molar-refractivity contribution >= 4 is 17.5 Å². The van der Waals surface area contributed by atoms with Crippen LogP contribution in [0.2, 0.25) is 0 Å². The average Bonchev–Trinajstić information content (AvgIpc) is 3.13. The predicted octanol–water partition coefficient (Wildman–Crippen LogP) is 1.88. The molecule has 0 aliphatic carbocycles. The number of hydrogen-bond donors (Lipinski definition) is 1. The molecular formula is C16H22FN4+. The van der Waals surface area contributed by atoms with E-state index in [2.05, 4.69) is 22.2 Å². The van der Waals surface area contributed by atoms with Gasteiger partial charge in [0.05, 0.1) is 25.3 Å². The maximum absolute atomic E-state index is 13.0. The second-order valence-electron chi connectivity index (χ2n) is 5.70. The van der Waals surface area contributed by atoms with Crippen molar-refractivity contribution in [2.45, 2.75) is 25.7 Å². The number of likely N-dealkylation sites (tertiary alicyclic amines) is 2. The number of halogens is 1. The topological polar surface area (TPSA) is 32.6 Å². The van der Waals surface area contributed by atoms with E-state index < -0.39 is 0 Å². The average molecular weight is 289 g/mol. The summed E-state index contributed by atoms with van der Waals surface area (Å²) in [7, 11) is 2.09. The highest BCUT2D eigenvalue weighted by Crippen LogP contribution is 2.12. The van der Waals surface area contributed by atoms with Gasteiger partial charge in [-0.05, 0) is 43.5 Å². The van der Waals surface area contributed by atoms with Crippen molar-refractivity contribution < 1.29 is 4.39 Å². The van der Waals surface area contributed by atoms with Gasteiger partial charge in [-0.15, -0.1) is 0 Å². The molecule has 1 N–H and O–H groups in total. The van der Waals surface area contributed by atoms with Crippen LogP contribution in [0.1, 0.15) is 25.7 Å². The lowest BCUT2D eigenvalue weighted by Gasteiger charge is -2.13. The van der Waals surface area contributed by atoms with Crippen molar-refractivity contribution in [2.75, 3.05) is 32.0 Å². The third-order valence-electron chi connectivity index (χ3n) is 4.08. The third-order valence-corrected chi connectivity index (χ3v) is 4.08. The van der Waals surface area contributed by atoms with E-state index in [1.165, 1.54) is 31.4 Å². The molecule has 1 aromatic carbocycles. The fraction of sp³-hybridized carbons (Fsp3) is 0.500. The Morgan fingerprint density at radius 1 is 1.10 bits per heavy atom. The van der Waals surface area contributed by atoms with Crippen molar-refractivity contribution in [1.29, 1.82) is 0 Å². The van der Waals surface area contributed by atoms with Gasteiger partial charge in [0.1, 0.15) is 5.82 Å². The van der Waals surface area contributed by atoms with E-state index in [4.69, 9.17) is 4.67 Å². The van der Waals surface area contributed by atoms with Gasteiger partial charge in [0.2, 0.25) is 0 Å². The molecule has 0 radical (unpaired) electrons. The molecule has 1 aromatic rings. The Bertz CT molecular complexity index is 554. The fourth-order valence-electron chi connectivity index (χ4n) is 2.83. The van der Waals surface area contributed by atoms with Crippen LogP contribution < -0.4 is 9.98 Å². The number of benzene rings is 1. The van der Waals surface area contributed by atoms with Gasteiger partial charge < -0.3 is 4.90 Å². The highest BCUT2D eigenvalue weighted by atomic mass is 19.1. The third kappa shape index (κ3) is 3.37. The molecule has 4 nitrogen and oxygen atoms in total.